The molecule has 1 amide bonds. The van der Waals surface area contributed by atoms with Gasteiger partial charge in [0.2, 0.25) is 0 Å². The Hall–Kier alpha value is -3.78. The number of nitrogens with zero attached hydrogens (tertiary/aromatic N) is 4. The maximum absolute atomic E-state index is 13.3. The van der Waals surface area contributed by atoms with E-state index in [1.54, 1.807) is 12.3 Å². The zero-order chi connectivity index (χ0) is 24.5. The third kappa shape index (κ3) is 4.44. The second-order valence-corrected chi connectivity index (χ2v) is 10.4. The molecule has 0 aliphatic carbocycles. The minimum atomic E-state index is -0.109. The maximum Gasteiger partial charge on any atom is 0.263 e. The molecule has 8 heteroatoms. The zero-order valence-electron chi connectivity index (χ0n) is 19.8. The second kappa shape index (κ2) is 9.70. The van der Waals surface area contributed by atoms with Gasteiger partial charge in [-0.25, -0.2) is 4.98 Å². The quantitative estimate of drug-likeness (QED) is 0.436. The number of carbonyl (C=O) groups excluding carboxylic acids is 1. The Labute approximate surface area is 213 Å². The molecule has 7 nitrogen and oxygen atoms in total. The highest BCUT2D eigenvalue weighted by Crippen LogP contribution is 2.40. The molecule has 0 unspecified atom stereocenters. The van der Waals surface area contributed by atoms with Gasteiger partial charge in [0.15, 0.2) is 5.13 Å². The van der Waals surface area contributed by atoms with Gasteiger partial charge in [-0.1, -0.05) is 53.8 Å². The summed E-state index contributed by atoms with van der Waals surface area (Å²) in [4.78, 5) is 38.0. The van der Waals surface area contributed by atoms with E-state index in [1.807, 2.05) is 59.2 Å². The molecule has 2 aliphatic heterocycles. The molecule has 1 aromatic carbocycles. The lowest BCUT2D eigenvalue weighted by molar-refractivity contribution is 0.0958. The zero-order valence-corrected chi connectivity index (χ0v) is 20.7. The van der Waals surface area contributed by atoms with Gasteiger partial charge in [-0.2, -0.15) is 0 Å². The molecule has 6 rings (SSSR count). The van der Waals surface area contributed by atoms with Crippen LogP contribution >= 0.6 is 11.3 Å². The van der Waals surface area contributed by atoms with Gasteiger partial charge in [0.05, 0.1) is 5.69 Å². The number of pyridine rings is 2. The van der Waals surface area contributed by atoms with Crippen LogP contribution < -0.4 is 15.8 Å². The van der Waals surface area contributed by atoms with E-state index in [2.05, 4.69) is 21.3 Å². The van der Waals surface area contributed by atoms with E-state index in [0.717, 1.165) is 53.8 Å². The Morgan fingerprint density at radius 2 is 1.86 bits per heavy atom. The van der Waals surface area contributed by atoms with E-state index in [1.165, 1.54) is 11.3 Å². The SMILES string of the molecule is O=C(NCCc1ccccn1)c1sc(N2C[C@@H]3C[C@@H](C2)c2cccc(=O)n2C3)nc1-c1ccccc1. The molecule has 0 saturated carbocycles. The molecule has 2 atom stereocenters. The first kappa shape index (κ1) is 22.7. The van der Waals surface area contributed by atoms with E-state index in [0.29, 0.717) is 23.8 Å². The van der Waals surface area contributed by atoms with Crippen LogP contribution in [0.1, 0.15) is 33.4 Å². The van der Waals surface area contributed by atoms with Crippen molar-refractivity contribution in [1.82, 2.24) is 19.9 Å². The molecule has 3 aromatic heterocycles. The van der Waals surface area contributed by atoms with Crippen molar-refractivity contribution in [3.05, 3.63) is 99.5 Å². The largest absolute Gasteiger partial charge is 0.351 e. The Kier molecular flexibility index (Phi) is 6.11. The van der Waals surface area contributed by atoms with Crippen LogP contribution in [0.25, 0.3) is 11.3 Å². The number of aromatic nitrogens is 3. The summed E-state index contributed by atoms with van der Waals surface area (Å²) in [5.74, 6) is 0.560. The molecule has 2 aliphatic rings. The number of hydrogen-bond acceptors (Lipinski definition) is 6. The van der Waals surface area contributed by atoms with Crippen LogP contribution in [-0.2, 0) is 13.0 Å². The molecular weight excluding hydrogens is 470 g/mol. The summed E-state index contributed by atoms with van der Waals surface area (Å²) in [5.41, 5.74) is 3.80. The number of anilines is 1. The fraction of sp³-hybridized carbons (Fsp3) is 0.286. The van der Waals surface area contributed by atoms with Crippen LogP contribution in [0.2, 0.25) is 0 Å². The van der Waals surface area contributed by atoms with Crippen molar-refractivity contribution in [3.63, 3.8) is 0 Å². The summed E-state index contributed by atoms with van der Waals surface area (Å²) in [6.07, 6.45) is 3.52. The molecule has 1 saturated heterocycles. The summed E-state index contributed by atoms with van der Waals surface area (Å²) >= 11 is 1.46. The van der Waals surface area contributed by atoms with Crippen molar-refractivity contribution in [1.29, 1.82) is 0 Å². The van der Waals surface area contributed by atoms with Crippen molar-refractivity contribution >= 4 is 22.4 Å². The van der Waals surface area contributed by atoms with Crippen molar-refractivity contribution in [2.45, 2.75) is 25.3 Å². The first-order valence-electron chi connectivity index (χ1n) is 12.3. The fourth-order valence-corrected chi connectivity index (χ4v) is 6.40. The first-order chi connectivity index (χ1) is 17.7. The van der Waals surface area contributed by atoms with Crippen LogP contribution in [0.3, 0.4) is 0 Å². The third-order valence-electron chi connectivity index (χ3n) is 7.01. The lowest BCUT2D eigenvalue weighted by Crippen LogP contribution is -2.47. The van der Waals surface area contributed by atoms with Crippen molar-refractivity contribution in [3.8, 4) is 11.3 Å². The van der Waals surface area contributed by atoms with Crippen LogP contribution in [-0.4, -0.2) is 40.1 Å². The molecule has 2 bridgehead atoms. The van der Waals surface area contributed by atoms with Gasteiger partial charge in [-0.15, -0.1) is 0 Å². The Balaban J connectivity index is 1.26. The average Bonchev–Trinajstić information content (AvgIpc) is 3.36. The monoisotopic (exact) mass is 497 g/mol. The van der Waals surface area contributed by atoms with Gasteiger partial charge in [0.1, 0.15) is 4.88 Å². The fourth-order valence-electron chi connectivity index (χ4n) is 5.37. The Morgan fingerprint density at radius 1 is 1.00 bits per heavy atom. The van der Waals surface area contributed by atoms with Gasteiger partial charge in [-0.3, -0.25) is 14.6 Å². The van der Waals surface area contributed by atoms with Gasteiger partial charge < -0.3 is 14.8 Å². The topological polar surface area (TPSA) is 80.1 Å². The highest BCUT2D eigenvalue weighted by Gasteiger charge is 2.36. The predicted octanol–water partition coefficient (Wildman–Crippen LogP) is 3.96. The number of piperidine rings is 1. The minimum Gasteiger partial charge on any atom is -0.351 e. The minimum absolute atomic E-state index is 0.0842. The van der Waals surface area contributed by atoms with E-state index in [9.17, 15) is 9.59 Å². The van der Waals surface area contributed by atoms with Crippen molar-refractivity contribution in [2.24, 2.45) is 5.92 Å². The predicted molar refractivity (Wildman–Crippen MR) is 142 cm³/mol. The first-order valence-corrected chi connectivity index (χ1v) is 13.2. The number of benzene rings is 1. The molecule has 0 radical (unpaired) electrons. The summed E-state index contributed by atoms with van der Waals surface area (Å²) in [7, 11) is 0. The number of fused-ring (bicyclic) bond motifs is 4. The second-order valence-electron chi connectivity index (χ2n) is 9.47. The van der Waals surface area contributed by atoms with Gasteiger partial charge in [0.25, 0.3) is 11.5 Å². The number of thiazole rings is 1. The maximum atomic E-state index is 13.3. The van der Waals surface area contributed by atoms with E-state index < -0.39 is 0 Å². The van der Waals surface area contributed by atoms with Crippen LogP contribution in [0.5, 0.6) is 0 Å². The molecule has 0 spiro atoms. The molecule has 5 heterocycles. The number of amides is 1. The smallest absolute Gasteiger partial charge is 0.263 e. The van der Waals surface area contributed by atoms with Gasteiger partial charge >= 0.3 is 0 Å². The number of rotatable bonds is 6. The Morgan fingerprint density at radius 3 is 2.69 bits per heavy atom. The highest BCUT2D eigenvalue weighted by molar-refractivity contribution is 7.18. The Bertz CT molecular complexity index is 1430. The van der Waals surface area contributed by atoms with Crippen LogP contribution in [0.15, 0.2) is 77.7 Å². The summed E-state index contributed by atoms with van der Waals surface area (Å²) < 4.78 is 1.94. The number of nitrogens with one attached hydrogen (secondary N) is 1. The molecule has 182 valence electrons. The van der Waals surface area contributed by atoms with Crippen LogP contribution in [0, 0.1) is 5.92 Å². The van der Waals surface area contributed by atoms with Gasteiger partial charge in [0, 0.05) is 67.7 Å². The molecule has 4 aromatic rings. The number of hydrogen-bond donors (Lipinski definition) is 1. The van der Waals surface area contributed by atoms with E-state index in [4.69, 9.17) is 4.98 Å². The van der Waals surface area contributed by atoms with Crippen molar-refractivity contribution < 1.29 is 4.79 Å². The lowest BCUT2D eigenvalue weighted by Gasteiger charge is -2.42. The van der Waals surface area contributed by atoms with Crippen LogP contribution in [0.4, 0.5) is 5.13 Å². The van der Waals surface area contributed by atoms with E-state index >= 15 is 0 Å². The average molecular weight is 498 g/mol. The standard InChI is InChI=1S/C28H27N5O2S/c34-24-11-6-10-23-21-15-19(17-33(23)24)16-32(18-21)28-31-25(20-7-2-1-3-8-20)26(36-28)27(35)30-14-12-22-9-4-5-13-29-22/h1-11,13,19,21H,12,14-18H2,(H,30,35)/t19-,21-/m0/s1. The number of carbonyl (C=O) groups is 1. The van der Waals surface area contributed by atoms with Gasteiger partial charge in [-0.05, 0) is 30.5 Å². The normalized spacial score (nSPS) is 18.5. The third-order valence-corrected chi connectivity index (χ3v) is 8.13. The molecular formula is C28H27N5O2S. The lowest BCUT2D eigenvalue weighted by atomic mass is 9.83. The highest BCUT2D eigenvalue weighted by atomic mass is 32.1. The summed E-state index contributed by atoms with van der Waals surface area (Å²) in [6, 6.07) is 21.3. The molecule has 1 N–H and O–H groups in total. The summed E-state index contributed by atoms with van der Waals surface area (Å²) in [6.45, 7) is 2.87. The molecule has 36 heavy (non-hydrogen) atoms. The van der Waals surface area contributed by atoms with E-state index in [-0.39, 0.29) is 17.4 Å². The molecule has 1 fully saturated rings. The summed E-state index contributed by atoms with van der Waals surface area (Å²) in [5, 5.41) is 3.93. The van der Waals surface area contributed by atoms with Crippen molar-refractivity contribution in [2.75, 3.05) is 24.5 Å².